The fraction of sp³-hybridized carbons (Fsp3) is 0.417. The zero-order valence-corrected chi connectivity index (χ0v) is 17.6. The Morgan fingerprint density at radius 2 is 1.81 bits per heavy atom. The summed E-state index contributed by atoms with van der Waals surface area (Å²) in [5.74, 6) is 0.294. The van der Waals surface area contributed by atoms with E-state index in [1.165, 1.54) is 0 Å². The second-order valence-electron chi connectivity index (χ2n) is 8.14. The molecule has 2 aliphatic rings. The summed E-state index contributed by atoms with van der Waals surface area (Å²) in [6.45, 7) is 2.87. The molecule has 164 valence electrons. The maximum Gasteiger partial charge on any atom is 0.410 e. The minimum atomic E-state index is -0.811. The first-order chi connectivity index (χ1) is 15.0. The van der Waals surface area contributed by atoms with E-state index in [2.05, 4.69) is 0 Å². The molecule has 1 unspecified atom stereocenters. The van der Waals surface area contributed by atoms with Crippen molar-refractivity contribution in [1.29, 1.82) is 0 Å². The highest BCUT2D eigenvalue weighted by Crippen LogP contribution is 2.36. The summed E-state index contributed by atoms with van der Waals surface area (Å²) in [7, 11) is 0. The van der Waals surface area contributed by atoms with Crippen molar-refractivity contribution in [3.05, 3.63) is 66.2 Å². The molecule has 0 aromatic heterocycles. The van der Waals surface area contributed by atoms with Gasteiger partial charge in [0, 0.05) is 6.54 Å². The lowest BCUT2D eigenvalue weighted by molar-refractivity contribution is -0.133. The van der Waals surface area contributed by atoms with Crippen LogP contribution in [0.3, 0.4) is 0 Å². The minimum Gasteiger partial charge on any atom is -0.491 e. The molecule has 2 amide bonds. The lowest BCUT2D eigenvalue weighted by Gasteiger charge is -2.27. The summed E-state index contributed by atoms with van der Waals surface area (Å²) >= 11 is 0. The van der Waals surface area contributed by atoms with Crippen LogP contribution in [-0.2, 0) is 16.1 Å². The second kappa shape index (κ2) is 9.39. The molecular weight excluding hydrogens is 396 g/mol. The number of carbonyl (C=O) groups excluding carboxylic acids is 2. The van der Waals surface area contributed by atoms with Crippen molar-refractivity contribution in [2.75, 3.05) is 19.7 Å². The average Bonchev–Trinajstić information content (AvgIpc) is 3.33. The Morgan fingerprint density at radius 1 is 1.13 bits per heavy atom. The van der Waals surface area contributed by atoms with E-state index in [1.54, 1.807) is 9.80 Å². The van der Waals surface area contributed by atoms with Crippen molar-refractivity contribution in [3.63, 3.8) is 0 Å². The smallest absolute Gasteiger partial charge is 0.410 e. The first kappa shape index (κ1) is 21.2. The number of hydrogen-bond donors (Lipinski definition) is 1. The van der Waals surface area contributed by atoms with Crippen molar-refractivity contribution in [1.82, 2.24) is 9.80 Å². The maximum atomic E-state index is 12.9. The Labute approximate surface area is 182 Å². The van der Waals surface area contributed by atoms with Gasteiger partial charge in [-0.3, -0.25) is 4.79 Å². The largest absolute Gasteiger partial charge is 0.491 e. The summed E-state index contributed by atoms with van der Waals surface area (Å²) in [6.07, 6.45) is -0.534. The molecule has 2 aromatic carbocycles. The number of hydrogen-bond acceptors (Lipinski definition) is 5. The number of para-hydroxylation sites is 1. The predicted molar refractivity (Wildman–Crippen MR) is 114 cm³/mol. The molecule has 31 heavy (non-hydrogen) atoms. The topological polar surface area (TPSA) is 79.3 Å². The first-order valence-electron chi connectivity index (χ1n) is 10.7. The van der Waals surface area contributed by atoms with Gasteiger partial charge in [-0.25, -0.2) is 4.79 Å². The molecule has 4 rings (SSSR count). The number of ether oxygens (including phenoxy) is 2. The van der Waals surface area contributed by atoms with E-state index in [4.69, 9.17) is 9.47 Å². The second-order valence-corrected chi connectivity index (χ2v) is 8.14. The molecule has 0 radical (unpaired) electrons. The number of benzene rings is 2. The first-order valence-corrected chi connectivity index (χ1v) is 10.7. The van der Waals surface area contributed by atoms with Crippen LogP contribution in [-0.4, -0.2) is 64.8 Å². The molecule has 1 N–H and O–H groups in total. The number of nitrogens with zero attached hydrogens (tertiary/aromatic N) is 2. The van der Waals surface area contributed by atoms with Crippen molar-refractivity contribution in [2.24, 2.45) is 5.92 Å². The van der Waals surface area contributed by atoms with Crippen molar-refractivity contribution < 1.29 is 24.2 Å². The molecule has 2 aromatic rings. The summed E-state index contributed by atoms with van der Waals surface area (Å²) in [6, 6.07) is 18.4. The van der Waals surface area contributed by atoms with E-state index >= 15 is 0 Å². The van der Waals surface area contributed by atoms with Crippen molar-refractivity contribution >= 4 is 12.0 Å². The average molecular weight is 424 g/mol. The van der Waals surface area contributed by atoms with Gasteiger partial charge >= 0.3 is 6.09 Å². The van der Waals surface area contributed by atoms with Crippen molar-refractivity contribution in [3.8, 4) is 5.75 Å². The molecule has 0 bridgehead atoms. The molecule has 0 spiro atoms. The summed E-state index contributed by atoms with van der Waals surface area (Å²) in [5, 5.41) is 10.5. The van der Waals surface area contributed by atoms with Gasteiger partial charge in [-0.15, -0.1) is 0 Å². The van der Waals surface area contributed by atoms with Gasteiger partial charge in [-0.2, -0.15) is 0 Å². The number of aliphatic hydroxyl groups is 1. The fourth-order valence-corrected chi connectivity index (χ4v) is 4.54. The lowest BCUT2D eigenvalue weighted by atomic mass is 10.0. The van der Waals surface area contributed by atoms with Gasteiger partial charge in [-0.1, -0.05) is 55.5 Å². The van der Waals surface area contributed by atoms with Gasteiger partial charge in [0.1, 0.15) is 25.1 Å². The Balaban J connectivity index is 1.34. The van der Waals surface area contributed by atoms with Crippen LogP contribution in [0.15, 0.2) is 60.7 Å². The van der Waals surface area contributed by atoms with Crippen LogP contribution in [0.2, 0.25) is 0 Å². The van der Waals surface area contributed by atoms with E-state index in [0.717, 1.165) is 5.56 Å². The third-order valence-electron chi connectivity index (χ3n) is 6.04. The third kappa shape index (κ3) is 4.66. The van der Waals surface area contributed by atoms with Gasteiger partial charge in [0.2, 0.25) is 5.91 Å². The van der Waals surface area contributed by atoms with E-state index < -0.39 is 12.2 Å². The summed E-state index contributed by atoms with van der Waals surface area (Å²) in [4.78, 5) is 29.0. The molecular formula is C24H28N2O5. The zero-order chi connectivity index (χ0) is 21.8. The highest BCUT2D eigenvalue weighted by atomic mass is 16.6. The standard InChI is InChI=1S/C24H28N2O5/c1-17-22-21(12-13-25(22)24(29)31-15-18-8-4-2-5-9-18)26(23(17)28)14-19(27)16-30-20-10-6-3-7-11-20/h2-11,17,19,21-22,27H,12-16H2,1H3/t17-,19?,21-,22+/m0/s1. The SMILES string of the molecule is C[C@@H]1C(=O)N(CC(O)COc2ccccc2)[C@H]2CCN(C(=O)OCc3ccccc3)[C@H]12. The van der Waals surface area contributed by atoms with E-state index in [9.17, 15) is 14.7 Å². The van der Waals surface area contributed by atoms with Crippen LogP contribution in [0.25, 0.3) is 0 Å². The molecule has 7 heteroatoms. The van der Waals surface area contributed by atoms with E-state index in [-0.39, 0.29) is 43.7 Å². The highest BCUT2D eigenvalue weighted by molar-refractivity contribution is 5.84. The molecule has 2 heterocycles. The maximum absolute atomic E-state index is 12.9. The Kier molecular flexibility index (Phi) is 6.42. The number of β-amino-alcohol motifs (C(OH)–C–C–N with tert-alkyl or cyclic N) is 1. The number of likely N-dealkylation sites (tertiary alicyclic amines) is 2. The Hall–Kier alpha value is -3.06. The summed E-state index contributed by atoms with van der Waals surface area (Å²) in [5.41, 5.74) is 0.922. The van der Waals surface area contributed by atoms with Crippen LogP contribution in [0.1, 0.15) is 18.9 Å². The van der Waals surface area contributed by atoms with Crippen LogP contribution in [0.4, 0.5) is 4.79 Å². The normalized spacial score (nSPS) is 23.5. The van der Waals surface area contributed by atoms with E-state index in [1.807, 2.05) is 67.6 Å². The highest BCUT2D eigenvalue weighted by Gasteiger charge is 2.53. The summed E-state index contributed by atoms with van der Waals surface area (Å²) < 4.78 is 11.1. The van der Waals surface area contributed by atoms with Crippen molar-refractivity contribution in [2.45, 2.75) is 38.1 Å². The quantitative estimate of drug-likeness (QED) is 0.739. The van der Waals surface area contributed by atoms with Gasteiger partial charge in [0.05, 0.1) is 24.5 Å². The number of fused-ring (bicyclic) bond motifs is 1. The minimum absolute atomic E-state index is 0.0469. The monoisotopic (exact) mass is 424 g/mol. The lowest BCUT2D eigenvalue weighted by Crippen LogP contribution is -2.44. The molecule has 7 nitrogen and oxygen atoms in total. The van der Waals surface area contributed by atoms with Crippen LogP contribution >= 0.6 is 0 Å². The van der Waals surface area contributed by atoms with Gasteiger partial charge in [-0.05, 0) is 24.1 Å². The Morgan fingerprint density at radius 3 is 2.52 bits per heavy atom. The Bertz CT molecular complexity index is 891. The number of rotatable bonds is 7. The van der Waals surface area contributed by atoms with E-state index in [0.29, 0.717) is 18.7 Å². The molecule has 2 fully saturated rings. The molecule has 2 aliphatic heterocycles. The van der Waals surface area contributed by atoms with Crippen LogP contribution in [0, 0.1) is 5.92 Å². The molecule has 0 saturated carbocycles. The fourth-order valence-electron chi connectivity index (χ4n) is 4.54. The van der Waals surface area contributed by atoms with Crippen LogP contribution < -0.4 is 4.74 Å². The molecule has 0 aliphatic carbocycles. The van der Waals surface area contributed by atoms with Crippen LogP contribution in [0.5, 0.6) is 5.75 Å². The van der Waals surface area contributed by atoms with Gasteiger partial charge in [0.15, 0.2) is 0 Å². The number of carbonyl (C=O) groups is 2. The predicted octanol–water partition coefficient (Wildman–Crippen LogP) is 2.68. The number of amides is 2. The number of aliphatic hydroxyl groups excluding tert-OH is 1. The molecule has 4 atom stereocenters. The third-order valence-corrected chi connectivity index (χ3v) is 6.04. The van der Waals surface area contributed by atoms with Gasteiger partial charge < -0.3 is 24.4 Å². The van der Waals surface area contributed by atoms with Gasteiger partial charge in [0.25, 0.3) is 0 Å². The molecule has 2 saturated heterocycles. The zero-order valence-electron chi connectivity index (χ0n) is 17.6.